The molecule has 0 saturated carbocycles. The van der Waals surface area contributed by atoms with Gasteiger partial charge in [0, 0.05) is 13.8 Å². The zero-order valence-corrected chi connectivity index (χ0v) is 29.9. The van der Waals surface area contributed by atoms with Crippen molar-refractivity contribution in [3.8, 4) is 0 Å². The van der Waals surface area contributed by atoms with Crippen LogP contribution in [0.25, 0.3) is 0 Å². The van der Waals surface area contributed by atoms with Crippen LogP contribution in [0.4, 0.5) is 0 Å². The molecule has 320 valence electrons. The van der Waals surface area contributed by atoms with E-state index in [0.717, 1.165) is 13.8 Å². The molecule has 0 aromatic rings. The minimum atomic E-state index is -5.23. The molecule has 4 aliphatic heterocycles. The first-order chi connectivity index (χ1) is 25.7. The SMILES string of the molecule is CC(=O)N[C@@H]1[C@@H](O)[C@H](O[C@@H]2O[C@H](CO)[C@H](O)[C@H](O[C@@H]3O[C@H](COS(=O)(=O)O)[C@@H](O[C@@H]4O[C@H](CO)[C@H](O)[C@H](O)[C@H]4O)[C@H](O)[C@H]3NC(C)=O)[C@H]2O)[C@@H](CO)O[C@H]1O. The fraction of sp³-hybridized carbons (Fsp3) is 0.929. The van der Waals surface area contributed by atoms with E-state index in [2.05, 4.69) is 14.8 Å². The summed E-state index contributed by atoms with van der Waals surface area (Å²) in [6, 6.07) is -3.32. The standard InChI is InChI=1S/C28H48N2O24S/c1-7(34)29-13-17(38)22(11(5-33)48-25(13)43)52-28-21(42)24(16(37)10(4-32)50-28)54-26-14(30-8(2)35)18(39)23(12(51-26)6-47-55(44,45)46)53-27-20(41)19(40)15(36)9(3-31)49-27/h9-28,31-33,36-43H,3-6H2,1-2H3,(H,29,34)(H,30,35)(H,44,45,46)/t9-,10-,11-,12-,13-,14-,15+,16+,17-,18-,19+,20-,21-,22-,23-,24+,25-,26+,27+,28+/m1/s1. The summed E-state index contributed by atoms with van der Waals surface area (Å²) in [7, 11) is -5.23. The maximum absolute atomic E-state index is 12.3. The van der Waals surface area contributed by atoms with Gasteiger partial charge in [-0.05, 0) is 0 Å². The highest BCUT2D eigenvalue weighted by atomic mass is 32.3. The van der Waals surface area contributed by atoms with Gasteiger partial charge in [0.05, 0.1) is 26.4 Å². The molecule has 0 radical (unpaired) electrons. The molecule has 2 amide bonds. The molecule has 26 nitrogen and oxygen atoms in total. The van der Waals surface area contributed by atoms with Gasteiger partial charge in [-0.3, -0.25) is 14.1 Å². The van der Waals surface area contributed by atoms with E-state index in [1.165, 1.54) is 0 Å². The quantitative estimate of drug-likeness (QED) is 0.0723. The maximum atomic E-state index is 12.3. The summed E-state index contributed by atoms with van der Waals surface area (Å²) in [6.45, 7) is -1.90. The van der Waals surface area contributed by atoms with Crippen LogP contribution in [0.1, 0.15) is 13.8 Å². The van der Waals surface area contributed by atoms with Gasteiger partial charge >= 0.3 is 10.4 Å². The fourth-order valence-corrected chi connectivity index (χ4v) is 6.80. The topological polar surface area (TPSA) is 409 Å². The van der Waals surface area contributed by atoms with Crippen molar-refractivity contribution in [2.45, 2.75) is 137 Å². The third kappa shape index (κ3) is 10.8. The number of ether oxygens (including phenoxy) is 7. The van der Waals surface area contributed by atoms with Gasteiger partial charge in [0.2, 0.25) is 11.8 Å². The Bertz CT molecular complexity index is 1380. The summed E-state index contributed by atoms with van der Waals surface area (Å²) in [5, 5.41) is 120. The predicted molar refractivity (Wildman–Crippen MR) is 167 cm³/mol. The van der Waals surface area contributed by atoms with Gasteiger partial charge < -0.3 is 100.0 Å². The Morgan fingerprint density at radius 1 is 0.545 bits per heavy atom. The van der Waals surface area contributed by atoms with Gasteiger partial charge in [-0.1, -0.05) is 0 Å². The van der Waals surface area contributed by atoms with E-state index >= 15 is 0 Å². The second-order valence-corrected chi connectivity index (χ2v) is 14.2. The lowest BCUT2D eigenvalue weighted by Gasteiger charge is -2.50. The predicted octanol–water partition coefficient (Wildman–Crippen LogP) is -9.63. The van der Waals surface area contributed by atoms with Crippen molar-refractivity contribution in [3.63, 3.8) is 0 Å². The van der Waals surface area contributed by atoms with E-state index < -0.39 is 171 Å². The first kappa shape index (κ1) is 45.8. The van der Waals surface area contributed by atoms with Crippen LogP contribution >= 0.6 is 0 Å². The van der Waals surface area contributed by atoms with Crippen molar-refractivity contribution in [1.29, 1.82) is 0 Å². The van der Waals surface area contributed by atoms with Gasteiger partial charge in [0.1, 0.15) is 97.5 Å². The van der Waals surface area contributed by atoms with Crippen molar-refractivity contribution >= 4 is 22.2 Å². The summed E-state index contributed by atoms with van der Waals surface area (Å²) in [4.78, 5) is 24.0. The van der Waals surface area contributed by atoms with Crippen LogP contribution in [0.2, 0.25) is 0 Å². The number of amides is 2. The molecule has 4 fully saturated rings. The second kappa shape index (κ2) is 19.2. The Morgan fingerprint density at radius 3 is 1.53 bits per heavy atom. The van der Waals surface area contributed by atoms with E-state index in [-0.39, 0.29) is 0 Å². The lowest BCUT2D eigenvalue weighted by atomic mass is 9.94. The Labute approximate surface area is 311 Å². The highest BCUT2D eigenvalue weighted by Crippen LogP contribution is 2.34. The van der Waals surface area contributed by atoms with Crippen LogP contribution < -0.4 is 10.6 Å². The molecular weight excluding hydrogens is 780 g/mol. The number of carbonyl (C=O) groups is 2. The molecule has 55 heavy (non-hydrogen) atoms. The molecule has 0 spiro atoms. The van der Waals surface area contributed by atoms with Gasteiger partial charge in [0.25, 0.3) is 0 Å². The minimum Gasteiger partial charge on any atom is -0.394 e. The lowest BCUT2D eigenvalue weighted by molar-refractivity contribution is -0.376. The molecule has 0 bridgehead atoms. The monoisotopic (exact) mass is 828 g/mol. The summed E-state index contributed by atoms with van der Waals surface area (Å²) in [5.41, 5.74) is 0. The number of nitrogens with one attached hydrogen (secondary N) is 2. The van der Waals surface area contributed by atoms with Crippen LogP contribution in [-0.4, -0.2) is 230 Å². The van der Waals surface area contributed by atoms with Crippen LogP contribution in [0.3, 0.4) is 0 Å². The van der Waals surface area contributed by atoms with Gasteiger partial charge in [-0.15, -0.1) is 0 Å². The van der Waals surface area contributed by atoms with Crippen molar-refractivity contribution < 1.29 is 116 Å². The van der Waals surface area contributed by atoms with Crippen LogP contribution in [-0.2, 0) is 57.3 Å². The molecule has 4 heterocycles. The van der Waals surface area contributed by atoms with Crippen molar-refractivity contribution in [3.05, 3.63) is 0 Å². The summed E-state index contributed by atoms with van der Waals surface area (Å²) in [5.74, 6) is -1.57. The largest absolute Gasteiger partial charge is 0.397 e. The number of hydrogen-bond donors (Lipinski definition) is 14. The average Bonchev–Trinajstić information content (AvgIpc) is 3.11. The highest BCUT2D eigenvalue weighted by Gasteiger charge is 2.56. The molecule has 4 aliphatic rings. The molecule has 4 rings (SSSR count). The number of hydrogen-bond acceptors (Lipinski definition) is 23. The molecular formula is C28H48N2O24S. The number of aliphatic hydroxyl groups excluding tert-OH is 11. The summed E-state index contributed by atoms with van der Waals surface area (Å²) in [6.07, 6.45) is -33.9. The highest BCUT2D eigenvalue weighted by molar-refractivity contribution is 7.80. The first-order valence-electron chi connectivity index (χ1n) is 16.7. The Balaban J connectivity index is 1.64. The molecule has 4 saturated heterocycles. The molecule has 0 aromatic carbocycles. The molecule has 20 atom stereocenters. The Kier molecular flexibility index (Phi) is 16.0. The van der Waals surface area contributed by atoms with Crippen LogP contribution in [0, 0.1) is 0 Å². The fourth-order valence-electron chi connectivity index (χ4n) is 6.49. The average molecular weight is 829 g/mol. The molecule has 0 aliphatic carbocycles. The summed E-state index contributed by atoms with van der Waals surface area (Å²) >= 11 is 0. The number of rotatable bonds is 14. The smallest absolute Gasteiger partial charge is 0.394 e. The van der Waals surface area contributed by atoms with Gasteiger partial charge in [0.15, 0.2) is 25.2 Å². The van der Waals surface area contributed by atoms with Crippen LogP contribution in [0.15, 0.2) is 0 Å². The third-order valence-corrected chi connectivity index (χ3v) is 9.64. The molecule has 0 unspecified atom stereocenters. The Hall–Kier alpha value is -1.91. The summed E-state index contributed by atoms with van der Waals surface area (Å²) < 4.78 is 75.7. The first-order valence-corrected chi connectivity index (χ1v) is 18.1. The number of aliphatic hydroxyl groups is 11. The normalized spacial score (nSPS) is 45.5. The maximum Gasteiger partial charge on any atom is 0.397 e. The minimum absolute atomic E-state index is 0.705. The Morgan fingerprint density at radius 2 is 1.00 bits per heavy atom. The van der Waals surface area contributed by atoms with E-state index in [1.54, 1.807) is 0 Å². The van der Waals surface area contributed by atoms with Gasteiger partial charge in [-0.25, -0.2) is 4.18 Å². The third-order valence-electron chi connectivity index (χ3n) is 9.21. The molecule has 14 N–H and O–H groups in total. The van der Waals surface area contributed by atoms with E-state index in [4.69, 9.17) is 33.2 Å². The lowest BCUT2D eigenvalue weighted by Crippen LogP contribution is -2.70. The van der Waals surface area contributed by atoms with Crippen molar-refractivity contribution in [2.24, 2.45) is 0 Å². The van der Waals surface area contributed by atoms with E-state index in [1.807, 2.05) is 0 Å². The van der Waals surface area contributed by atoms with Crippen molar-refractivity contribution in [1.82, 2.24) is 10.6 Å². The van der Waals surface area contributed by atoms with E-state index in [9.17, 15) is 78.7 Å². The zero-order chi connectivity index (χ0) is 41.1. The van der Waals surface area contributed by atoms with E-state index in [0.29, 0.717) is 0 Å². The molecule has 27 heteroatoms. The zero-order valence-electron chi connectivity index (χ0n) is 29.0. The second-order valence-electron chi connectivity index (χ2n) is 13.1. The van der Waals surface area contributed by atoms with Crippen LogP contribution in [0.5, 0.6) is 0 Å². The molecule has 0 aromatic heterocycles. The number of carbonyl (C=O) groups excluding carboxylic acids is 2. The van der Waals surface area contributed by atoms with Gasteiger partial charge in [-0.2, -0.15) is 8.42 Å². The van der Waals surface area contributed by atoms with Crippen molar-refractivity contribution in [2.75, 3.05) is 26.4 Å².